The summed E-state index contributed by atoms with van der Waals surface area (Å²) >= 11 is 0. The standard InChI is InChI=1S/C15H22N2O/c1-11(2)17(10-13-3-4-13)15(18)9-12-5-7-14(16)8-6-12/h5-8,11,13H,3-4,9-10,16H2,1-2H3. The molecule has 1 saturated carbocycles. The minimum atomic E-state index is 0.224. The predicted octanol–water partition coefficient (Wildman–Crippen LogP) is 2.46. The maximum atomic E-state index is 12.3. The molecule has 1 aliphatic carbocycles. The monoisotopic (exact) mass is 246 g/mol. The molecule has 3 nitrogen and oxygen atoms in total. The predicted molar refractivity (Wildman–Crippen MR) is 74.1 cm³/mol. The highest BCUT2D eigenvalue weighted by Crippen LogP contribution is 2.30. The molecule has 0 radical (unpaired) electrons. The van der Waals surface area contributed by atoms with Crippen molar-refractivity contribution in [3.8, 4) is 0 Å². The van der Waals surface area contributed by atoms with E-state index in [0.717, 1.165) is 23.7 Å². The smallest absolute Gasteiger partial charge is 0.227 e. The van der Waals surface area contributed by atoms with Crippen LogP contribution in [0.4, 0.5) is 5.69 Å². The van der Waals surface area contributed by atoms with Gasteiger partial charge in [0.05, 0.1) is 6.42 Å². The van der Waals surface area contributed by atoms with E-state index < -0.39 is 0 Å². The molecule has 0 unspecified atom stereocenters. The zero-order valence-electron chi connectivity index (χ0n) is 11.2. The Hall–Kier alpha value is -1.51. The van der Waals surface area contributed by atoms with Gasteiger partial charge in [0.1, 0.15) is 0 Å². The minimum absolute atomic E-state index is 0.224. The van der Waals surface area contributed by atoms with Crippen LogP contribution in [0.2, 0.25) is 0 Å². The Kier molecular flexibility index (Phi) is 3.90. The van der Waals surface area contributed by atoms with Gasteiger partial charge in [-0.15, -0.1) is 0 Å². The summed E-state index contributed by atoms with van der Waals surface area (Å²) in [6.45, 7) is 5.10. The lowest BCUT2D eigenvalue weighted by Gasteiger charge is -2.27. The van der Waals surface area contributed by atoms with E-state index in [0.29, 0.717) is 6.42 Å². The van der Waals surface area contributed by atoms with Crippen molar-refractivity contribution in [1.82, 2.24) is 4.90 Å². The summed E-state index contributed by atoms with van der Waals surface area (Å²) in [5.41, 5.74) is 7.42. The zero-order valence-corrected chi connectivity index (χ0v) is 11.2. The number of benzene rings is 1. The van der Waals surface area contributed by atoms with E-state index in [-0.39, 0.29) is 11.9 Å². The van der Waals surface area contributed by atoms with E-state index in [9.17, 15) is 4.79 Å². The molecule has 0 spiro atoms. The number of nitrogens with two attached hydrogens (primary N) is 1. The normalized spacial score (nSPS) is 14.8. The van der Waals surface area contributed by atoms with Gasteiger partial charge in [-0.3, -0.25) is 4.79 Å². The first-order chi connectivity index (χ1) is 8.56. The van der Waals surface area contributed by atoms with Crippen LogP contribution in [-0.2, 0) is 11.2 Å². The van der Waals surface area contributed by atoms with Crippen molar-refractivity contribution >= 4 is 11.6 Å². The Morgan fingerprint density at radius 1 is 1.33 bits per heavy atom. The van der Waals surface area contributed by atoms with Crippen LogP contribution in [0, 0.1) is 5.92 Å². The molecule has 1 amide bonds. The van der Waals surface area contributed by atoms with Crippen molar-refractivity contribution in [2.75, 3.05) is 12.3 Å². The minimum Gasteiger partial charge on any atom is -0.399 e. The zero-order chi connectivity index (χ0) is 13.1. The Bertz CT molecular complexity index is 407. The molecule has 0 atom stereocenters. The lowest BCUT2D eigenvalue weighted by atomic mass is 10.1. The first kappa shape index (κ1) is 12.9. The van der Waals surface area contributed by atoms with Crippen molar-refractivity contribution in [1.29, 1.82) is 0 Å². The average molecular weight is 246 g/mol. The lowest BCUT2D eigenvalue weighted by Crippen LogP contribution is -2.39. The van der Waals surface area contributed by atoms with E-state index in [1.54, 1.807) is 0 Å². The summed E-state index contributed by atoms with van der Waals surface area (Å²) in [6.07, 6.45) is 3.03. The number of carbonyl (C=O) groups excluding carboxylic acids is 1. The summed E-state index contributed by atoms with van der Waals surface area (Å²) in [6, 6.07) is 7.85. The molecule has 98 valence electrons. The van der Waals surface area contributed by atoms with Crippen molar-refractivity contribution < 1.29 is 4.79 Å². The quantitative estimate of drug-likeness (QED) is 0.811. The molecule has 1 fully saturated rings. The molecule has 0 aromatic heterocycles. The first-order valence-electron chi connectivity index (χ1n) is 6.70. The molecule has 0 aliphatic heterocycles. The van der Waals surface area contributed by atoms with Crippen molar-refractivity contribution in [2.24, 2.45) is 5.92 Å². The van der Waals surface area contributed by atoms with Gasteiger partial charge >= 0.3 is 0 Å². The molecule has 0 heterocycles. The van der Waals surface area contributed by atoms with Crippen molar-refractivity contribution in [2.45, 2.75) is 39.2 Å². The number of carbonyl (C=O) groups is 1. The average Bonchev–Trinajstić information content (AvgIpc) is 3.12. The van der Waals surface area contributed by atoms with Gasteiger partial charge in [0, 0.05) is 18.3 Å². The van der Waals surface area contributed by atoms with Crippen LogP contribution in [0.5, 0.6) is 0 Å². The first-order valence-corrected chi connectivity index (χ1v) is 6.70. The highest BCUT2D eigenvalue weighted by Gasteiger charge is 2.27. The van der Waals surface area contributed by atoms with E-state index in [1.165, 1.54) is 12.8 Å². The molecule has 18 heavy (non-hydrogen) atoms. The Labute approximate surface area is 109 Å². The maximum Gasteiger partial charge on any atom is 0.227 e. The molecule has 0 saturated heterocycles. The molecular weight excluding hydrogens is 224 g/mol. The fraction of sp³-hybridized carbons (Fsp3) is 0.533. The second-order valence-electron chi connectivity index (χ2n) is 5.50. The number of nitrogen functional groups attached to an aromatic ring is 1. The number of rotatable bonds is 5. The van der Waals surface area contributed by atoms with Gasteiger partial charge in [-0.25, -0.2) is 0 Å². The SMILES string of the molecule is CC(C)N(CC1CC1)C(=O)Cc1ccc(N)cc1. The maximum absolute atomic E-state index is 12.3. The van der Waals surface area contributed by atoms with E-state index >= 15 is 0 Å². The Morgan fingerprint density at radius 2 is 1.94 bits per heavy atom. The number of hydrogen-bond donors (Lipinski definition) is 1. The van der Waals surface area contributed by atoms with Crippen molar-refractivity contribution in [3.63, 3.8) is 0 Å². The molecule has 1 aromatic carbocycles. The van der Waals surface area contributed by atoms with Crippen molar-refractivity contribution in [3.05, 3.63) is 29.8 Å². The van der Waals surface area contributed by atoms with Gasteiger partial charge in [0.2, 0.25) is 5.91 Å². The second-order valence-corrected chi connectivity index (χ2v) is 5.50. The van der Waals surface area contributed by atoms with Crippen LogP contribution in [0.15, 0.2) is 24.3 Å². The lowest BCUT2D eigenvalue weighted by molar-refractivity contribution is -0.132. The summed E-state index contributed by atoms with van der Waals surface area (Å²) in [4.78, 5) is 14.3. The summed E-state index contributed by atoms with van der Waals surface area (Å²) in [5.74, 6) is 0.962. The molecule has 1 aromatic rings. The van der Waals surface area contributed by atoms with Crippen LogP contribution in [0.1, 0.15) is 32.3 Å². The van der Waals surface area contributed by atoms with Gasteiger partial charge in [0.25, 0.3) is 0 Å². The number of amides is 1. The molecule has 1 aliphatic rings. The highest BCUT2D eigenvalue weighted by atomic mass is 16.2. The van der Waals surface area contributed by atoms with Gasteiger partial charge in [-0.05, 0) is 50.3 Å². The van der Waals surface area contributed by atoms with Crippen LogP contribution >= 0.6 is 0 Å². The topological polar surface area (TPSA) is 46.3 Å². The fourth-order valence-electron chi connectivity index (χ4n) is 2.09. The van der Waals surface area contributed by atoms with E-state index in [4.69, 9.17) is 5.73 Å². The van der Waals surface area contributed by atoms with Gasteiger partial charge in [-0.1, -0.05) is 12.1 Å². The van der Waals surface area contributed by atoms with Crippen LogP contribution in [0.3, 0.4) is 0 Å². The summed E-state index contributed by atoms with van der Waals surface area (Å²) in [5, 5.41) is 0. The van der Waals surface area contributed by atoms with Gasteiger partial charge in [-0.2, -0.15) is 0 Å². The fourth-order valence-corrected chi connectivity index (χ4v) is 2.09. The molecular formula is C15H22N2O. The second kappa shape index (κ2) is 5.42. The summed E-state index contributed by atoms with van der Waals surface area (Å²) < 4.78 is 0. The largest absolute Gasteiger partial charge is 0.399 e. The van der Waals surface area contributed by atoms with Gasteiger partial charge < -0.3 is 10.6 Å². The summed E-state index contributed by atoms with van der Waals surface area (Å²) in [7, 11) is 0. The number of anilines is 1. The van der Waals surface area contributed by atoms with Crippen LogP contribution in [-0.4, -0.2) is 23.4 Å². The third-order valence-corrected chi connectivity index (χ3v) is 3.43. The van der Waals surface area contributed by atoms with Crippen LogP contribution in [0.25, 0.3) is 0 Å². The number of nitrogens with zero attached hydrogens (tertiary/aromatic N) is 1. The van der Waals surface area contributed by atoms with E-state index in [1.807, 2.05) is 29.2 Å². The highest BCUT2D eigenvalue weighted by molar-refractivity contribution is 5.79. The molecule has 0 bridgehead atoms. The molecule has 2 N–H and O–H groups in total. The molecule has 3 heteroatoms. The Balaban J connectivity index is 1.97. The number of hydrogen-bond acceptors (Lipinski definition) is 2. The van der Waals surface area contributed by atoms with Crippen LogP contribution < -0.4 is 5.73 Å². The third kappa shape index (κ3) is 3.49. The Morgan fingerprint density at radius 3 is 2.44 bits per heavy atom. The third-order valence-electron chi connectivity index (χ3n) is 3.43. The van der Waals surface area contributed by atoms with E-state index in [2.05, 4.69) is 13.8 Å². The van der Waals surface area contributed by atoms with Gasteiger partial charge in [0.15, 0.2) is 0 Å². The molecule has 2 rings (SSSR count).